The normalized spacial score (nSPS) is 16.1. The molecule has 1 amide bonds. The number of nitrogens with zero attached hydrogens (tertiary/aromatic N) is 7. The van der Waals surface area contributed by atoms with E-state index in [1.807, 2.05) is 49.5 Å². The molecule has 246 valence electrons. The van der Waals surface area contributed by atoms with E-state index in [9.17, 15) is 4.79 Å². The molecule has 0 radical (unpaired) electrons. The Balaban J connectivity index is 1.00. The summed E-state index contributed by atoms with van der Waals surface area (Å²) in [6.45, 7) is 6.43. The van der Waals surface area contributed by atoms with Crippen LogP contribution >= 0.6 is 0 Å². The van der Waals surface area contributed by atoms with Crippen LogP contribution in [0.3, 0.4) is 0 Å². The Morgan fingerprint density at radius 1 is 0.875 bits per heavy atom. The van der Waals surface area contributed by atoms with Crippen molar-refractivity contribution in [2.75, 3.05) is 38.1 Å². The molecule has 2 saturated heterocycles. The minimum absolute atomic E-state index is 0.185. The van der Waals surface area contributed by atoms with E-state index in [0.29, 0.717) is 31.6 Å². The Morgan fingerprint density at radius 3 is 2.38 bits per heavy atom. The van der Waals surface area contributed by atoms with Gasteiger partial charge in [0, 0.05) is 55.1 Å². The number of hydrogen-bond donors (Lipinski definition) is 2. The molecule has 2 aromatic carbocycles. The van der Waals surface area contributed by atoms with E-state index in [1.54, 1.807) is 11.1 Å². The van der Waals surface area contributed by atoms with Crippen LogP contribution in [-0.4, -0.2) is 84.9 Å². The molecule has 3 aromatic heterocycles. The number of likely N-dealkylation sites (tertiary alicyclic amines) is 2. The van der Waals surface area contributed by atoms with E-state index >= 15 is 0 Å². The third-order valence-electron chi connectivity index (χ3n) is 9.25. The number of piperidine rings is 2. The second kappa shape index (κ2) is 14.7. The summed E-state index contributed by atoms with van der Waals surface area (Å²) in [5.41, 5.74) is 6.10. The van der Waals surface area contributed by atoms with Crippen LogP contribution in [-0.2, 0) is 11.3 Å². The summed E-state index contributed by atoms with van der Waals surface area (Å²) >= 11 is 0. The molecule has 2 fully saturated rings. The van der Waals surface area contributed by atoms with Gasteiger partial charge >= 0.3 is 6.09 Å². The summed E-state index contributed by atoms with van der Waals surface area (Å²) < 4.78 is 5.17. The Morgan fingerprint density at radius 2 is 1.65 bits per heavy atom. The maximum Gasteiger partial charge on any atom is 0.409 e. The van der Waals surface area contributed by atoms with Gasteiger partial charge in [-0.3, -0.25) is 9.88 Å². The lowest BCUT2D eigenvalue weighted by Crippen LogP contribution is -2.42. The van der Waals surface area contributed by atoms with E-state index in [2.05, 4.69) is 66.8 Å². The maximum atomic E-state index is 12.1. The van der Waals surface area contributed by atoms with Crippen LogP contribution in [0.15, 0.2) is 85.2 Å². The van der Waals surface area contributed by atoms with Gasteiger partial charge in [-0.25, -0.2) is 14.8 Å². The third kappa shape index (κ3) is 7.36. The maximum absolute atomic E-state index is 12.1. The Bertz CT molecular complexity index is 1780. The number of amides is 1. The van der Waals surface area contributed by atoms with Gasteiger partial charge < -0.3 is 19.9 Å². The summed E-state index contributed by atoms with van der Waals surface area (Å²) in [6, 6.07) is 25.1. The van der Waals surface area contributed by atoms with Crippen molar-refractivity contribution in [2.45, 2.75) is 51.1 Å². The SMILES string of the molecule is CCOC(=O)N1CCC(Nc2ncc(-c3ccccc3)c(-c3ccc(CN4CCC(c5nnc(-c6ccccn6)[nH]5)CC4)cc3)n2)CC1. The largest absolute Gasteiger partial charge is 0.450 e. The lowest BCUT2D eigenvalue weighted by Gasteiger charge is -2.31. The first-order chi connectivity index (χ1) is 23.6. The quantitative estimate of drug-likeness (QED) is 0.188. The number of rotatable bonds is 9. The molecular formula is C37H41N9O2. The zero-order valence-electron chi connectivity index (χ0n) is 27.3. The van der Waals surface area contributed by atoms with Gasteiger partial charge in [-0.2, -0.15) is 0 Å². The first-order valence-corrected chi connectivity index (χ1v) is 16.9. The fraction of sp³-hybridized carbons (Fsp3) is 0.351. The second-order valence-electron chi connectivity index (χ2n) is 12.4. The summed E-state index contributed by atoms with van der Waals surface area (Å²) in [5, 5.41) is 12.3. The number of aromatic amines is 1. The highest BCUT2D eigenvalue weighted by atomic mass is 16.6. The summed E-state index contributed by atoms with van der Waals surface area (Å²) in [7, 11) is 0. The first kappa shape index (κ1) is 31.4. The zero-order valence-corrected chi connectivity index (χ0v) is 27.3. The van der Waals surface area contributed by atoms with E-state index < -0.39 is 0 Å². The number of nitrogens with one attached hydrogen (secondary N) is 2. The molecule has 11 nitrogen and oxygen atoms in total. The van der Waals surface area contributed by atoms with Gasteiger partial charge in [0.2, 0.25) is 5.95 Å². The van der Waals surface area contributed by atoms with Crippen LogP contribution < -0.4 is 5.32 Å². The number of anilines is 1. The Kier molecular flexibility index (Phi) is 9.65. The van der Waals surface area contributed by atoms with Crippen LogP contribution in [0.4, 0.5) is 10.7 Å². The van der Waals surface area contributed by atoms with E-state index in [-0.39, 0.29) is 12.1 Å². The molecule has 0 spiro atoms. The molecule has 0 saturated carbocycles. The molecular weight excluding hydrogens is 602 g/mol. The molecule has 0 aliphatic carbocycles. The van der Waals surface area contributed by atoms with Crippen molar-refractivity contribution in [1.29, 1.82) is 0 Å². The van der Waals surface area contributed by atoms with Gasteiger partial charge in [-0.1, -0.05) is 60.7 Å². The standard InChI is InChI=1S/C37H41N9O2/c1-2-48-37(47)46-22-17-30(18-23-46)40-36-39-24-31(27-8-4-3-5-9-27)33(41-36)28-13-11-26(12-14-28)25-45-20-15-29(16-21-45)34-42-35(44-43-34)32-10-6-7-19-38-32/h3-14,19,24,29-30H,2,15-18,20-23,25H2,1H3,(H,39,40,41)(H,42,43,44). The van der Waals surface area contributed by atoms with E-state index in [1.165, 1.54) is 5.56 Å². The van der Waals surface area contributed by atoms with Crippen molar-refractivity contribution in [3.8, 4) is 33.9 Å². The van der Waals surface area contributed by atoms with E-state index in [0.717, 1.165) is 85.0 Å². The van der Waals surface area contributed by atoms with Crippen molar-refractivity contribution in [1.82, 2.24) is 39.9 Å². The minimum Gasteiger partial charge on any atom is -0.450 e. The number of pyridine rings is 1. The predicted molar refractivity (Wildman–Crippen MR) is 185 cm³/mol. The molecule has 0 bridgehead atoms. The van der Waals surface area contributed by atoms with E-state index in [4.69, 9.17) is 14.7 Å². The molecule has 2 aliphatic rings. The monoisotopic (exact) mass is 643 g/mol. The van der Waals surface area contributed by atoms with Gasteiger partial charge in [0.1, 0.15) is 11.5 Å². The molecule has 2 aliphatic heterocycles. The molecule has 11 heteroatoms. The zero-order chi connectivity index (χ0) is 32.7. The minimum atomic E-state index is -0.239. The van der Waals surface area contributed by atoms with Gasteiger partial charge in [0.05, 0.1) is 12.3 Å². The van der Waals surface area contributed by atoms with Gasteiger partial charge in [0.15, 0.2) is 5.82 Å². The lowest BCUT2D eigenvalue weighted by atomic mass is 9.95. The fourth-order valence-electron chi connectivity index (χ4n) is 6.57. The number of aromatic nitrogens is 6. The van der Waals surface area contributed by atoms with Crippen molar-refractivity contribution in [3.05, 3.63) is 96.6 Å². The van der Waals surface area contributed by atoms with Crippen molar-refractivity contribution in [2.24, 2.45) is 0 Å². The average molecular weight is 644 g/mol. The van der Waals surface area contributed by atoms with Crippen LogP contribution in [0.5, 0.6) is 0 Å². The third-order valence-corrected chi connectivity index (χ3v) is 9.25. The highest BCUT2D eigenvalue weighted by Gasteiger charge is 2.26. The van der Waals surface area contributed by atoms with Crippen LogP contribution in [0, 0.1) is 0 Å². The first-order valence-electron chi connectivity index (χ1n) is 16.9. The van der Waals surface area contributed by atoms with Crippen LogP contribution in [0.25, 0.3) is 33.9 Å². The number of carbonyl (C=O) groups is 1. The average Bonchev–Trinajstić information content (AvgIpc) is 3.64. The lowest BCUT2D eigenvalue weighted by molar-refractivity contribution is 0.0983. The summed E-state index contributed by atoms with van der Waals surface area (Å²) in [5.74, 6) is 2.65. The van der Waals surface area contributed by atoms with Gasteiger partial charge in [-0.05, 0) is 69.0 Å². The number of H-pyrrole nitrogens is 1. The second-order valence-corrected chi connectivity index (χ2v) is 12.4. The smallest absolute Gasteiger partial charge is 0.409 e. The summed E-state index contributed by atoms with van der Waals surface area (Å²) in [6.07, 6.45) is 7.15. The molecule has 0 atom stereocenters. The fourth-order valence-corrected chi connectivity index (χ4v) is 6.57. The Hall–Kier alpha value is -5.16. The number of benzene rings is 2. The molecule has 5 aromatic rings. The molecule has 2 N–H and O–H groups in total. The van der Waals surface area contributed by atoms with Gasteiger partial charge in [-0.15, -0.1) is 10.2 Å². The molecule has 5 heterocycles. The highest BCUT2D eigenvalue weighted by molar-refractivity contribution is 5.81. The van der Waals surface area contributed by atoms with Crippen molar-refractivity contribution >= 4 is 12.0 Å². The Labute approximate surface area is 280 Å². The highest BCUT2D eigenvalue weighted by Crippen LogP contribution is 2.32. The van der Waals surface area contributed by atoms with Crippen molar-refractivity contribution in [3.63, 3.8) is 0 Å². The molecule has 7 rings (SSSR count). The van der Waals surface area contributed by atoms with Crippen LogP contribution in [0.2, 0.25) is 0 Å². The number of carbonyl (C=O) groups excluding carboxylic acids is 1. The van der Waals surface area contributed by atoms with Gasteiger partial charge in [0.25, 0.3) is 0 Å². The van der Waals surface area contributed by atoms with Crippen LogP contribution in [0.1, 0.15) is 49.9 Å². The molecule has 0 unspecified atom stereocenters. The predicted octanol–water partition coefficient (Wildman–Crippen LogP) is 6.40. The number of hydrogen-bond acceptors (Lipinski definition) is 9. The molecule has 48 heavy (non-hydrogen) atoms. The number of ether oxygens (including phenoxy) is 1. The van der Waals surface area contributed by atoms with Crippen molar-refractivity contribution < 1.29 is 9.53 Å². The topological polar surface area (TPSA) is 125 Å². The summed E-state index contributed by atoms with van der Waals surface area (Å²) in [4.78, 5) is 34.0.